The van der Waals surface area contributed by atoms with Crippen molar-refractivity contribution in [3.05, 3.63) is 69.9 Å². The molecule has 0 bridgehead atoms. The molecular weight excluding hydrogens is 370 g/mol. The molecule has 2 aromatic carbocycles. The third-order valence-corrected chi connectivity index (χ3v) is 4.51. The third-order valence-electron chi connectivity index (χ3n) is 3.99. The first kappa shape index (κ1) is 18.1. The van der Waals surface area contributed by atoms with Gasteiger partial charge in [0.15, 0.2) is 5.11 Å². The van der Waals surface area contributed by atoms with Crippen LogP contribution < -0.4 is 15.5 Å². The molecule has 0 saturated carbocycles. The smallest absolute Gasteiger partial charge is 0.281 e. The summed E-state index contributed by atoms with van der Waals surface area (Å²) in [6.45, 7) is 1.87. The molecular formula is C19H16ClN3O2S. The summed E-state index contributed by atoms with van der Waals surface area (Å²) in [6.07, 6.45) is 1.70. The zero-order valence-corrected chi connectivity index (χ0v) is 15.7. The Morgan fingerprint density at radius 2 is 1.92 bits per heavy atom. The molecule has 5 nitrogen and oxygen atoms in total. The van der Waals surface area contributed by atoms with Crippen LogP contribution in [0.5, 0.6) is 0 Å². The Balaban J connectivity index is 1.88. The van der Waals surface area contributed by atoms with E-state index in [1.807, 2.05) is 6.92 Å². The van der Waals surface area contributed by atoms with Gasteiger partial charge in [-0.15, -0.1) is 0 Å². The number of thiocarbonyl (C=S) groups is 1. The van der Waals surface area contributed by atoms with Crippen LogP contribution in [-0.4, -0.2) is 24.0 Å². The van der Waals surface area contributed by atoms with Crippen molar-refractivity contribution in [2.75, 3.05) is 11.9 Å². The lowest BCUT2D eigenvalue weighted by atomic mass is 10.1. The Morgan fingerprint density at radius 1 is 1.23 bits per heavy atom. The van der Waals surface area contributed by atoms with Gasteiger partial charge in [-0.1, -0.05) is 23.7 Å². The highest BCUT2D eigenvalue weighted by atomic mass is 35.5. The minimum atomic E-state index is -0.240. The second-order valence-electron chi connectivity index (χ2n) is 5.76. The number of carbonyl (C=O) groups is 2. The molecule has 0 spiro atoms. The number of aryl methyl sites for hydroxylation is 1. The summed E-state index contributed by atoms with van der Waals surface area (Å²) in [5.74, 6) is -0.402. The fourth-order valence-corrected chi connectivity index (χ4v) is 3.18. The quantitative estimate of drug-likeness (QED) is 0.628. The van der Waals surface area contributed by atoms with Crippen molar-refractivity contribution in [2.45, 2.75) is 6.92 Å². The lowest BCUT2D eigenvalue weighted by Crippen LogP contribution is -2.30. The standard InChI is InChI=1S/C19H16ClN3O2S/c1-11-9-14(20)7-8-16(11)23-18(25)15(22-19(23)26)10-12-3-5-13(6-4-12)17(24)21-2/h3-10H,1-2H3,(H,21,24)(H,22,26)/b15-10+. The van der Waals surface area contributed by atoms with Gasteiger partial charge in [-0.3, -0.25) is 14.5 Å². The maximum atomic E-state index is 12.8. The summed E-state index contributed by atoms with van der Waals surface area (Å²) >= 11 is 11.3. The monoisotopic (exact) mass is 385 g/mol. The summed E-state index contributed by atoms with van der Waals surface area (Å²) in [7, 11) is 1.58. The topological polar surface area (TPSA) is 61.4 Å². The Labute approximate surface area is 161 Å². The van der Waals surface area contributed by atoms with Crippen molar-refractivity contribution >= 4 is 52.5 Å². The van der Waals surface area contributed by atoms with Gasteiger partial charge in [-0.2, -0.15) is 0 Å². The zero-order valence-electron chi connectivity index (χ0n) is 14.2. The van der Waals surface area contributed by atoms with Crippen LogP contribution in [0.25, 0.3) is 6.08 Å². The van der Waals surface area contributed by atoms with Gasteiger partial charge in [0.2, 0.25) is 0 Å². The highest BCUT2D eigenvalue weighted by molar-refractivity contribution is 7.80. The number of rotatable bonds is 3. The van der Waals surface area contributed by atoms with Gasteiger partial charge >= 0.3 is 0 Å². The Hall–Kier alpha value is -2.70. The molecule has 0 aromatic heterocycles. The number of nitrogens with one attached hydrogen (secondary N) is 2. The Morgan fingerprint density at radius 3 is 2.54 bits per heavy atom. The molecule has 1 heterocycles. The van der Waals surface area contributed by atoms with Crippen LogP contribution in [0.15, 0.2) is 48.2 Å². The summed E-state index contributed by atoms with van der Waals surface area (Å²) in [5, 5.41) is 6.43. The first-order valence-corrected chi connectivity index (χ1v) is 8.65. The highest BCUT2D eigenvalue weighted by Crippen LogP contribution is 2.28. The number of halogens is 1. The van der Waals surface area contributed by atoms with Gasteiger partial charge < -0.3 is 10.6 Å². The molecule has 132 valence electrons. The van der Waals surface area contributed by atoms with E-state index >= 15 is 0 Å². The molecule has 0 aliphatic carbocycles. The van der Waals surface area contributed by atoms with Crippen molar-refractivity contribution in [1.29, 1.82) is 0 Å². The molecule has 1 aliphatic rings. The minimum absolute atomic E-state index is 0.162. The molecule has 7 heteroatoms. The van der Waals surface area contributed by atoms with Crippen LogP contribution in [0.3, 0.4) is 0 Å². The molecule has 0 radical (unpaired) electrons. The van der Waals surface area contributed by atoms with E-state index in [1.54, 1.807) is 55.6 Å². The van der Waals surface area contributed by atoms with Crippen LogP contribution >= 0.6 is 23.8 Å². The second-order valence-corrected chi connectivity index (χ2v) is 6.58. The molecule has 26 heavy (non-hydrogen) atoms. The lowest BCUT2D eigenvalue weighted by molar-refractivity contribution is -0.113. The van der Waals surface area contributed by atoms with Crippen molar-refractivity contribution in [1.82, 2.24) is 10.6 Å². The van der Waals surface area contributed by atoms with E-state index in [2.05, 4.69) is 10.6 Å². The van der Waals surface area contributed by atoms with E-state index in [9.17, 15) is 9.59 Å². The minimum Gasteiger partial charge on any atom is -0.355 e. The van der Waals surface area contributed by atoms with Crippen LogP contribution in [0.4, 0.5) is 5.69 Å². The van der Waals surface area contributed by atoms with E-state index in [4.69, 9.17) is 23.8 Å². The molecule has 3 rings (SSSR count). The van der Waals surface area contributed by atoms with Crippen molar-refractivity contribution in [2.24, 2.45) is 0 Å². The average molecular weight is 386 g/mol. The van der Waals surface area contributed by atoms with Crippen LogP contribution in [0.2, 0.25) is 5.02 Å². The number of hydrogen-bond acceptors (Lipinski definition) is 3. The molecule has 2 aromatic rings. The summed E-state index contributed by atoms with van der Waals surface area (Å²) in [6, 6.07) is 12.2. The predicted octanol–water partition coefficient (Wildman–Crippen LogP) is 3.27. The van der Waals surface area contributed by atoms with Crippen molar-refractivity contribution in [3.8, 4) is 0 Å². The van der Waals surface area contributed by atoms with Gasteiger partial charge in [-0.05, 0) is 66.7 Å². The van der Waals surface area contributed by atoms with E-state index in [0.29, 0.717) is 27.1 Å². The first-order chi connectivity index (χ1) is 12.4. The van der Waals surface area contributed by atoms with Gasteiger partial charge in [0.1, 0.15) is 5.70 Å². The molecule has 0 atom stereocenters. The van der Waals surface area contributed by atoms with E-state index < -0.39 is 0 Å². The summed E-state index contributed by atoms with van der Waals surface area (Å²) < 4.78 is 0. The molecule has 2 N–H and O–H groups in total. The molecule has 0 unspecified atom stereocenters. The maximum Gasteiger partial charge on any atom is 0.281 e. The van der Waals surface area contributed by atoms with Gasteiger partial charge in [0.25, 0.3) is 11.8 Å². The Kier molecular flexibility index (Phi) is 5.06. The van der Waals surface area contributed by atoms with Gasteiger partial charge in [0.05, 0.1) is 5.69 Å². The van der Waals surface area contributed by atoms with E-state index in [1.165, 1.54) is 4.90 Å². The third kappa shape index (κ3) is 3.47. The van der Waals surface area contributed by atoms with E-state index in [-0.39, 0.29) is 11.8 Å². The number of benzene rings is 2. The zero-order chi connectivity index (χ0) is 18.8. The number of hydrogen-bond donors (Lipinski definition) is 2. The van der Waals surface area contributed by atoms with Crippen LogP contribution in [0.1, 0.15) is 21.5 Å². The van der Waals surface area contributed by atoms with Crippen LogP contribution in [-0.2, 0) is 4.79 Å². The predicted molar refractivity (Wildman–Crippen MR) is 107 cm³/mol. The van der Waals surface area contributed by atoms with Crippen molar-refractivity contribution in [3.63, 3.8) is 0 Å². The van der Waals surface area contributed by atoms with Gasteiger partial charge in [0, 0.05) is 17.6 Å². The number of amides is 2. The molecule has 1 aliphatic heterocycles. The summed E-state index contributed by atoms with van der Waals surface area (Å²) in [4.78, 5) is 25.8. The number of nitrogens with zero attached hydrogens (tertiary/aromatic N) is 1. The largest absolute Gasteiger partial charge is 0.355 e. The summed E-state index contributed by atoms with van der Waals surface area (Å²) in [5.41, 5.74) is 3.25. The average Bonchev–Trinajstić information content (AvgIpc) is 2.89. The maximum absolute atomic E-state index is 12.8. The van der Waals surface area contributed by atoms with E-state index in [0.717, 1.165) is 11.1 Å². The molecule has 2 amide bonds. The fraction of sp³-hybridized carbons (Fsp3) is 0.105. The number of carbonyl (C=O) groups excluding carboxylic acids is 2. The fourth-order valence-electron chi connectivity index (χ4n) is 2.67. The lowest BCUT2D eigenvalue weighted by Gasteiger charge is -2.16. The SMILES string of the molecule is CNC(=O)c1ccc(/C=C2/NC(=S)N(c3ccc(Cl)cc3C)C2=O)cc1. The highest BCUT2D eigenvalue weighted by Gasteiger charge is 2.32. The van der Waals surface area contributed by atoms with Crippen molar-refractivity contribution < 1.29 is 9.59 Å². The second kappa shape index (κ2) is 7.27. The van der Waals surface area contributed by atoms with Gasteiger partial charge in [-0.25, -0.2) is 0 Å². The molecule has 1 fully saturated rings. The van der Waals surface area contributed by atoms with Crippen LogP contribution in [0, 0.1) is 6.92 Å². The normalized spacial score (nSPS) is 15.3. The molecule has 1 saturated heterocycles. The first-order valence-electron chi connectivity index (χ1n) is 7.86. The number of anilines is 1. The Bertz CT molecular complexity index is 938.